The van der Waals surface area contributed by atoms with Crippen molar-refractivity contribution < 1.29 is 13.5 Å². The fourth-order valence-electron chi connectivity index (χ4n) is 1.89. The highest BCUT2D eigenvalue weighted by Crippen LogP contribution is 2.24. The molecule has 0 rings (SSSR count). The van der Waals surface area contributed by atoms with E-state index in [9.17, 15) is 13.5 Å². The molecule has 0 bridgehead atoms. The molecule has 0 saturated carbocycles. The molecule has 0 aliphatic carbocycles. The first-order valence-electron chi connectivity index (χ1n) is 7.11. The van der Waals surface area contributed by atoms with Gasteiger partial charge in [-0.2, -0.15) is 0 Å². The summed E-state index contributed by atoms with van der Waals surface area (Å²) in [5.41, 5.74) is 0. The van der Waals surface area contributed by atoms with Crippen molar-refractivity contribution in [3.05, 3.63) is 0 Å². The standard InChI is InChI=1S/C14H30O3S/c1-5-6-7-8-9-10-11-12-13(15)14(2,3)18(4,16)17/h13,15H,5-12H2,1-4H3. The summed E-state index contributed by atoms with van der Waals surface area (Å²) in [4.78, 5) is 0. The second-order valence-corrected chi connectivity index (χ2v) is 8.40. The molecule has 0 radical (unpaired) electrons. The number of rotatable bonds is 10. The minimum absolute atomic E-state index is 0.577. The van der Waals surface area contributed by atoms with E-state index in [2.05, 4.69) is 6.92 Å². The first-order valence-corrected chi connectivity index (χ1v) is 9.00. The number of hydrogen-bond donors (Lipinski definition) is 1. The Morgan fingerprint density at radius 3 is 1.89 bits per heavy atom. The molecule has 18 heavy (non-hydrogen) atoms. The predicted octanol–water partition coefficient (Wildman–Crippen LogP) is 3.31. The van der Waals surface area contributed by atoms with E-state index < -0.39 is 20.7 Å². The van der Waals surface area contributed by atoms with Crippen molar-refractivity contribution >= 4 is 9.84 Å². The average Bonchev–Trinajstić information content (AvgIpc) is 2.26. The molecule has 0 spiro atoms. The number of aliphatic hydroxyl groups excluding tert-OH is 1. The van der Waals surface area contributed by atoms with E-state index in [1.54, 1.807) is 13.8 Å². The van der Waals surface area contributed by atoms with Crippen LogP contribution in [0.5, 0.6) is 0 Å². The maximum Gasteiger partial charge on any atom is 0.155 e. The van der Waals surface area contributed by atoms with Crippen LogP contribution < -0.4 is 0 Å². The summed E-state index contributed by atoms with van der Waals surface area (Å²) in [6.07, 6.45) is 9.27. The molecule has 0 saturated heterocycles. The topological polar surface area (TPSA) is 54.4 Å². The van der Waals surface area contributed by atoms with Crippen LogP contribution in [-0.4, -0.2) is 30.6 Å². The van der Waals surface area contributed by atoms with Crippen LogP contribution in [0.25, 0.3) is 0 Å². The largest absolute Gasteiger partial charge is 0.392 e. The zero-order valence-corrected chi connectivity index (χ0v) is 13.2. The Hall–Kier alpha value is -0.0900. The molecule has 4 heteroatoms. The van der Waals surface area contributed by atoms with Gasteiger partial charge in [0, 0.05) is 6.26 Å². The van der Waals surface area contributed by atoms with Crippen molar-refractivity contribution in [1.29, 1.82) is 0 Å². The minimum atomic E-state index is -3.21. The third-order valence-electron chi connectivity index (χ3n) is 3.84. The molecule has 110 valence electrons. The van der Waals surface area contributed by atoms with Gasteiger partial charge < -0.3 is 5.11 Å². The van der Waals surface area contributed by atoms with Crippen LogP contribution >= 0.6 is 0 Å². The number of sulfone groups is 1. The molecule has 0 heterocycles. The van der Waals surface area contributed by atoms with Crippen molar-refractivity contribution in [3.63, 3.8) is 0 Å². The molecule has 0 aliphatic rings. The number of aliphatic hydroxyl groups is 1. The SMILES string of the molecule is CCCCCCCCCC(O)C(C)(C)S(C)(=O)=O. The van der Waals surface area contributed by atoms with Gasteiger partial charge in [-0.1, -0.05) is 51.9 Å². The quantitative estimate of drug-likeness (QED) is 0.624. The molecule has 0 aliphatic heterocycles. The molecule has 1 unspecified atom stereocenters. The zero-order valence-electron chi connectivity index (χ0n) is 12.4. The maximum absolute atomic E-state index is 11.5. The van der Waals surface area contributed by atoms with Gasteiger partial charge in [0.15, 0.2) is 9.84 Å². The minimum Gasteiger partial charge on any atom is -0.392 e. The molecule has 0 amide bonds. The molecule has 0 aromatic rings. The van der Waals surface area contributed by atoms with E-state index >= 15 is 0 Å². The summed E-state index contributed by atoms with van der Waals surface area (Å²) in [5.74, 6) is 0. The van der Waals surface area contributed by atoms with Gasteiger partial charge in [0.1, 0.15) is 0 Å². The number of hydrogen-bond acceptors (Lipinski definition) is 3. The second kappa shape index (κ2) is 8.16. The van der Waals surface area contributed by atoms with Crippen LogP contribution in [-0.2, 0) is 9.84 Å². The first kappa shape index (κ1) is 17.9. The van der Waals surface area contributed by atoms with E-state index in [4.69, 9.17) is 0 Å². The normalized spacial score (nSPS) is 14.7. The van der Waals surface area contributed by atoms with Crippen LogP contribution in [0.15, 0.2) is 0 Å². The van der Waals surface area contributed by atoms with Gasteiger partial charge >= 0.3 is 0 Å². The van der Waals surface area contributed by atoms with Gasteiger partial charge in [0.05, 0.1) is 10.9 Å². The lowest BCUT2D eigenvalue weighted by Crippen LogP contribution is -2.43. The lowest BCUT2D eigenvalue weighted by atomic mass is 9.99. The lowest BCUT2D eigenvalue weighted by Gasteiger charge is -2.28. The van der Waals surface area contributed by atoms with Crippen molar-refractivity contribution in [2.45, 2.75) is 83.0 Å². The van der Waals surface area contributed by atoms with E-state index in [0.717, 1.165) is 12.8 Å². The maximum atomic E-state index is 11.5. The molecule has 0 aromatic heterocycles. The molecular formula is C14H30O3S. The Bertz CT molecular complexity index is 307. The van der Waals surface area contributed by atoms with E-state index in [-0.39, 0.29) is 0 Å². The summed E-state index contributed by atoms with van der Waals surface area (Å²) in [7, 11) is -3.21. The monoisotopic (exact) mass is 278 g/mol. The Kier molecular flexibility index (Phi) is 8.11. The van der Waals surface area contributed by atoms with Crippen LogP contribution in [0.2, 0.25) is 0 Å². The zero-order chi connectivity index (χ0) is 14.2. The van der Waals surface area contributed by atoms with Gasteiger partial charge in [-0.3, -0.25) is 0 Å². The second-order valence-electron chi connectivity index (χ2n) is 5.80. The van der Waals surface area contributed by atoms with Crippen LogP contribution in [0.3, 0.4) is 0 Å². The highest BCUT2D eigenvalue weighted by atomic mass is 32.2. The lowest BCUT2D eigenvalue weighted by molar-refractivity contribution is 0.125. The van der Waals surface area contributed by atoms with E-state index in [1.807, 2.05) is 0 Å². The highest BCUT2D eigenvalue weighted by molar-refractivity contribution is 7.92. The van der Waals surface area contributed by atoms with Crippen LogP contribution in [0, 0.1) is 0 Å². The number of unbranched alkanes of at least 4 members (excludes halogenated alkanes) is 6. The Labute approximate surface area is 113 Å². The summed E-state index contributed by atoms with van der Waals surface area (Å²) in [6.45, 7) is 5.41. The van der Waals surface area contributed by atoms with Gasteiger partial charge in [-0.15, -0.1) is 0 Å². The summed E-state index contributed by atoms with van der Waals surface area (Å²) in [6, 6.07) is 0. The van der Waals surface area contributed by atoms with Gasteiger partial charge in [-0.05, 0) is 20.3 Å². The third kappa shape index (κ3) is 6.19. The van der Waals surface area contributed by atoms with Crippen LogP contribution in [0.4, 0.5) is 0 Å². The molecule has 3 nitrogen and oxygen atoms in total. The van der Waals surface area contributed by atoms with Crippen molar-refractivity contribution in [2.75, 3.05) is 6.26 Å². The highest BCUT2D eigenvalue weighted by Gasteiger charge is 2.37. The fraction of sp³-hybridized carbons (Fsp3) is 1.00. The Morgan fingerprint density at radius 1 is 1.00 bits per heavy atom. The van der Waals surface area contributed by atoms with Gasteiger partial charge in [0.25, 0.3) is 0 Å². The van der Waals surface area contributed by atoms with Crippen molar-refractivity contribution in [3.8, 4) is 0 Å². The van der Waals surface area contributed by atoms with Crippen molar-refractivity contribution in [1.82, 2.24) is 0 Å². The van der Waals surface area contributed by atoms with Gasteiger partial charge in [0.2, 0.25) is 0 Å². The van der Waals surface area contributed by atoms with Crippen LogP contribution in [0.1, 0.15) is 72.1 Å². The van der Waals surface area contributed by atoms with E-state index in [0.29, 0.717) is 6.42 Å². The fourth-order valence-corrected chi connectivity index (χ4v) is 2.50. The summed E-state index contributed by atoms with van der Waals surface area (Å²) in [5, 5.41) is 9.97. The van der Waals surface area contributed by atoms with E-state index in [1.165, 1.54) is 38.4 Å². The molecule has 1 atom stereocenters. The molecule has 0 aromatic carbocycles. The smallest absolute Gasteiger partial charge is 0.155 e. The molecular weight excluding hydrogens is 248 g/mol. The average molecular weight is 278 g/mol. The first-order chi connectivity index (χ1) is 8.23. The van der Waals surface area contributed by atoms with Gasteiger partial charge in [-0.25, -0.2) is 8.42 Å². The Balaban J connectivity index is 3.81. The third-order valence-corrected chi connectivity index (χ3v) is 6.02. The molecule has 1 N–H and O–H groups in total. The Morgan fingerprint density at radius 2 is 1.44 bits per heavy atom. The summed E-state index contributed by atoms with van der Waals surface area (Å²) >= 11 is 0. The predicted molar refractivity (Wildman–Crippen MR) is 77.5 cm³/mol. The molecule has 0 fully saturated rings. The van der Waals surface area contributed by atoms with Crippen molar-refractivity contribution in [2.24, 2.45) is 0 Å². The summed E-state index contributed by atoms with van der Waals surface area (Å²) < 4.78 is 22.1.